The molecule has 0 saturated carbocycles. The van der Waals surface area contributed by atoms with Gasteiger partial charge in [0.25, 0.3) is 0 Å². The molecule has 5 nitrogen and oxygen atoms in total. The molecule has 4 rings (SSSR count). The summed E-state index contributed by atoms with van der Waals surface area (Å²) < 4.78 is 4.51. The molecule has 1 aliphatic heterocycles. The molecule has 124 valence electrons. The highest BCUT2D eigenvalue weighted by molar-refractivity contribution is 5.22. The van der Waals surface area contributed by atoms with E-state index < -0.39 is 0 Å². The van der Waals surface area contributed by atoms with E-state index in [0.717, 1.165) is 19.6 Å². The van der Waals surface area contributed by atoms with Crippen LogP contribution in [-0.4, -0.2) is 30.8 Å². The van der Waals surface area contributed by atoms with E-state index in [4.69, 9.17) is 4.98 Å². The number of hydrogen-bond acceptors (Lipinski definition) is 3. The minimum absolute atomic E-state index is 0.464. The minimum atomic E-state index is 0.464. The largest absolute Gasteiger partial charge is 0.334 e. The number of hydrogen-bond donors (Lipinski definition) is 0. The number of imidazole rings is 1. The maximum absolute atomic E-state index is 5.05. The van der Waals surface area contributed by atoms with Crippen LogP contribution in [0.1, 0.15) is 61.6 Å². The summed E-state index contributed by atoms with van der Waals surface area (Å²) in [6.07, 6.45) is 9.39. The lowest BCUT2D eigenvalue weighted by Gasteiger charge is -2.24. The van der Waals surface area contributed by atoms with Crippen molar-refractivity contribution in [3.63, 3.8) is 0 Å². The van der Waals surface area contributed by atoms with Crippen LogP contribution in [0.4, 0.5) is 0 Å². The second-order valence-corrected chi connectivity index (χ2v) is 6.90. The predicted molar refractivity (Wildman–Crippen MR) is 90.1 cm³/mol. The molecule has 0 aromatic carbocycles. The first-order valence-electron chi connectivity index (χ1n) is 9.07. The van der Waals surface area contributed by atoms with E-state index in [1.165, 1.54) is 61.4 Å². The highest BCUT2D eigenvalue weighted by atomic mass is 15.3. The average molecular weight is 313 g/mol. The van der Waals surface area contributed by atoms with Gasteiger partial charge >= 0.3 is 0 Å². The molecule has 3 heterocycles. The van der Waals surface area contributed by atoms with Crippen molar-refractivity contribution in [3.8, 4) is 0 Å². The van der Waals surface area contributed by atoms with E-state index >= 15 is 0 Å². The SMILES string of the molecule is CCn1nccc1CN1CCC[C@@H]1c1nc2c(n1C)CCCC2. The van der Waals surface area contributed by atoms with E-state index in [2.05, 4.69) is 39.3 Å². The molecule has 0 spiro atoms. The average Bonchev–Trinajstić information content (AvgIpc) is 3.28. The fourth-order valence-corrected chi connectivity index (χ4v) is 4.30. The third-order valence-corrected chi connectivity index (χ3v) is 5.54. The van der Waals surface area contributed by atoms with Crippen LogP contribution < -0.4 is 0 Å². The van der Waals surface area contributed by atoms with Crippen LogP contribution in [0.3, 0.4) is 0 Å². The van der Waals surface area contributed by atoms with Gasteiger partial charge in [-0.1, -0.05) is 0 Å². The van der Waals surface area contributed by atoms with Crippen molar-refractivity contribution in [1.82, 2.24) is 24.2 Å². The summed E-state index contributed by atoms with van der Waals surface area (Å²) in [6.45, 7) is 5.25. The maximum Gasteiger partial charge on any atom is 0.126 e. The van der Waals surface area contributed by atoms with Crippen molar-refractivity contribution >= 4 is 0 Å². The lowest BCUT2D eigenvalue weighted by atomic mass is 10.0. The van der Waals surface area contributed by atoms with Crippen LogP contribution in [0.15, 0.2) is 12.3 Å². The van der Waals surface area contributed by atoms with Crippen molar-refractivity contribution in [1.29, 1.82) is 0 Å². The summed E-state index contributed by atoms with van der Waals surface area (Å²) >= 11 is 0. The number of fused-ring (bicyclic) bond motifs is 1. The molecular formula is C18H27N5. The summed E-state index contributed by atoms with van der Waals surface area (Å²) in [7, 11) is 2.22. The molecule has 1 aliphatic carbocycles. The Hall–Kier alpha value is -1.62. The van der Waals surface area contributed by atoms with Gasteiger partial charge in [0.15, 0.2) is 0 Å². The Morgan fingerprint density at radius 2 is 2.09 bits per heavy atom. The highest BCUT2D eigenvalue weighted by Crippen LogP contribution is 2.34. The molecular weight excluding hydrogens is 286 g/mol. The molecule has 2 aliphatic rings. The van der Waals surface area contributed by atoms with Gasteiger partial charge in [0.1, 0.15) is 5.82 Å². The summed E-state index contributed by atoms with van der Waals surface area (Å²) in [5.41, 5.74) is 4.16. The van der Waals surface area contributed by atoms with Crippen molar-refractivity contribution in [2.45, 2.75) is 64.6 Å². The van der Waals surface area contributed by atoms with E-state index in [-0.39, 0.29) is 0 Å². The monoisotopic (exact) mass is 313 g/mol. The first-order valence-corrected chi connectivity index (χ1v) is 9.07. The highest BCUT2D eigenvalue weighted by Gasteiger charge is 2.31. The van der Waals surface area contributed by atoms with Crippen LogP contribution in [0.5, 0.6) is 0 Å². The summed E-state index contributed by atoms with van der Waals surface area (Å²) in [6, 6.07) is 2.62. The smallest absolute Gasteiger partial charge is 0.126 e. The molecule has 1 atom stereocenters. The van der Waals surface area contributed by atoms with Gasteiger partial charge < -0.3 is 4.57 Å². The molecule has 1 saturated heterocycles. The van der Waals surface area contributed by atoms with E-state index in [1.54, 1.807) is 0 Å². The van der Waals surface area contributed by atoms with Crippen LogP contribution >= 0.6 is 0 Å². The molecule has 0 amide bonds. The Bertz CT molecular complexity index is 684. The molecule has 0 bridgehead atoms. The number of rotatable bonds is 4. The Balaban J connectivity index is 1.59. The minimum Gasteiger partial charge on any atom is -0.334 e. The van der Waals surface area contributed by atoms with Gasteiger partial charge in [-0.15, -0.1) is 0 Å². The van der Waals surface area contributed by atoms with Gasteiger partial charge in [-0.3, -0.25) is 9.58 Å². The molecule has 1 fully saturated rings. The zero-order chi connectivity index (χ0) is 15.8. The number of likely N-dealkylation sites (tertiary alicyclic amines) is 1. The number of aromatic nitrogens is 4. The van der Waals surface area contributed by atoms with Gasteiger partial charge in [-0.2, -0.15) is 5.10 Å². The van der Waals surface area contributed by atoms with Crippen molar-refractivity contribution in [2.75, 3.05) is 6.54 Å². The third-order valence-electron chi connectivity index (χ3n) is 5.54. The molecule has 0 N–H and O–H groups in total. The second kappa shape index (κ2) is 6.11. The third kappa shape index (κ3) is 2.61. The van der Waals surface area contributed by atoms with E-state index in [1.807, 2.05) is 6.20 Å². The summed E-state index contributed by atoms with van der Waals surface area (Å²) in [5, 5.41) is 4.41. The molecule has 0 radical (unpaired) electrons. The first-order chi connectivity index (χ1) is 11.3. The summed E-state index contributed by atoms with van der Waals surface area (Å²) in [5.74, 6) is 1.29. The Labute approximate surface area is 138 Å². The van der Waals surface area contributed by atoms with Crippen LogP contribution in [-0.2, 0) is 33.0 Å². The lowest BCUT2D eigenvalue weighted by molar-refractivity contribution is 0.229. The van der Waals surface area contributed by atoms with Gasteiger partial charge in [0.05, 0.1) is 17.4 Å². The zero-order valence-electron chi connectivity index (χ0n) is 14.3. The van der Waals surface area contributed by atoms with Crippen LogP contribution in [0, 0.1) is 0 Å². The second-order valence-electron chi connectivity index (χ2n) is 6.90. The van der Waals surface area contributed by atoms with Gasteiger partial charge in [0.2, 0.25) is 0 Å². The molecule has 0 unspecified atom stereocenters. The van der Waals surface area contributed by atoms with Crippen molar-refractivity contribution in [3.05, 3.63) is 35.2 Å². The molecule has 2 aromatic rings. The Morgan fingerprint density at radius 1 is 1.22 bits per heavy atom. The topological polar surface area (TPSA) is 38.9 Å². The van der Waals surface area contributed by atoms with Gasteiger partial charge in [-0.05, 0) is 58.1 Å². The summed E-state index contributed by atoms with van der Waals surface area (Å²) in [4.78, 5) is 7.65. The molecule has 5 heteroatoms. The van der Waals surface area contributed by atoms with Crippen molar-refractivity contribution < 1.29 is 0 Å². The van der Waals surface area contributed by atoms with E-state index in [0.29, 0.717) is 6.04 Å². The first kappa shape index (κ1) is 14.9. The van der Waals surface area contributed by atoms with E-state index in [9.17, 15) is 0 Å². The van der Waals surface area contributed by atoms with Crippen LogP contribution in [0.25, 0.3) is 0 Å². The zero-order valence-corrected chi connectivity index (χ0v) is 14.3. The quantitative estimate of drug-likeness (QED) is 0.871. The van der Waals surface area contributed by atoms with Crippen molar-refractivity contribution in [2.24, 2.45) is 7.05 Å². The normalized spacial score (nSPS) is 21.7. The predicted octanol–water partition coefficient (Wildman–Crippen LogP) is 2.85. The lowest BCUT2D eigenvalue weighted by Crippen LogP contribution is -2.26. The molecule has 23 heavy (non-hydrogen) atoms. The van der Waals surface area contributed by atoms with Crippen LogP contribution in [0.2, 0.25) is 0 Å². The Kier molecular flexibility index (Phi) is 3.97. The standard InChI is InChI=1S/C18H27N5/c1-3-23-14(10-11-19-23)13-22-12-6-9-17(22)18-20-15-7-4-5-8-16(15)21(18)2/h10-11,17H,3-9,12-13H2,1-2H3/t17-/m1/s1. The van der Waals surface area contributed by atoms with Gasteiger partial charge in [-0.25, -0.2) is 4.98 Å². The fraction of sp³-hybridized carbons (Fsp3) is 0.667. The van der Waals surface area contributed by atoms with Gasteiger partial charge in [0, 0.05) is 32.0 Å². The fourth-order valence-electron chi connectivity index (χ4n) is 4.30. The number of nitrogens with zero attached hydrogens (tertiary/aromatic N) is 5. The number of aryl methyl sites for hydroxylation is 2. The Morgan fingerprint density at radius 3 is 2.91 bits per heavy atom. The molecule has 2 aromatic heterocycles. The maximum atomic E-state index is 5.05.